The minimum Gasteiger partial charge on any atom is -0.227 e. The molecule has 10 heavy (non-hydrogen) atoms. The maximum atomic E-state index is 11.5. The first-order valence-electron chi connectivity index (χ1n) is 3.02. The molecule has 0 saturated heterocycles. The van der Waals surface area contributed by atoms with Crippen LogP contribution in [0.4, 0.5) is 13.2 Å². The molecule has 0 unspecified atom stereocenters. The Morgan fingerprint density at radius 2 is 1.50 bits per heavy atom. The molecule has 0 aliphatic rings. The third-order valence-corrected chi connectivity index (χ3v) is 0.819. The molecule has 0 saturated carbocycles. The van der Waals surface area contributed by atoms with Gasteiger partial charge in [0.05, 0.1) is 0 Å². The van der Waals surface area contributed by atoms with Crippen LogP contribution in [-0.2, 0) is 0 Å². The number of alkyl halides is 3. The Balaban J connectivity index is 3.56. The number of halogens is 3. The summed E-state index contributed by atoms with van der Waals surface area (Å²) in [6, 6.07) is 0. The maximum Gasteiger partial charge on any atom is 0.457 e. The first kappa shape index (κ1) is 9.75. The van der Waals surface area contributed by atoms with Crippen molar-refractivity contribution in [3.8, 4) is 0 Å². The molecule has 4 heteroatoms. The van der Waals surface area contributed by atoms with Crippen LogP contribution in [0.1, 0.15) is 20.8 Å². The molecule has 0 heterocycles. The van der Waals surface area contributed by atoms with Crippen LogP contribution in [0, 0.1) is 5.41 Å². The number of rotatable bonds is 1. The van der Waals surface area contributed by atoms with E-state index in [-0.39, 0.29) is 12.0 Å². The summed E-state index contributed by atoms with van der Waals surface area (Å²) in [4.78, 5) is 0. The Labute approximate surface area is 58.6 Å². The van der Waals surface area contributed by atoms with E-state index in [1.54, 1.807) is 20.8 Å². The fourth-order valence-electron chi connectivity index (χ4n) is 0.365. The number of nitrogens with one attached hydrogen (secondary N) is 1. The summed E-state index contributed by atoms with van der Waals surface area (Å²) in [6.07, 6.45) is -4.24. The van der Waals surface area contributed by atoms with Crippen LogP contribution in [0.2, 0.25) is 0 Å². The third-order valence-electron chi connectivity index (χ3n) is 0.819. The average molecular weight is 155 g/mol. The standard InChI is InChI=1S/C6H12F3N/c1-5(2,3)4-10-6(7,8)9/h10H,4H2,1-3H3. The van der Waals surface area contributed by atoms with Gasteiger partial charge in [0.15, 0.2) is 0 Å². The van der Waals surface area contributed by atoms with E-state index in [1.165, 1.54) is 5.32 Å². The normalized spacial score (nSPS) is 13.8. The third kappa shape index (κ3) is 7.75. The van der Waals surface area contributed by atoms with E-state index in [4.69, 9.17) is 0 Å². The topological polar surface area (TPSA) is 12.0 Å². The van der Waals surface area contributed by atoms with E-state index in [0.717, 1.165) is 0 Å². The van der Waals surface area contributed by atoms with Crippen molar-refractivity contribution in [2.24, 2.45) is 5.41 Å². The molecular weight excluding hydrogens is 143 g/mol. The van der Waals surface area contributed by atoms with Crippen molar-refractivity contribution in [3.63, 3.8) is 0 Å². The van der Waals surface area contributed by atoms with Gasteiger partial charge in [-0.1, -0.05) is 20.8 Å². The summed E-state index contributed by atoms with van der Waals surface area (Å²) in [5, 5.41) is 1.46. The SMILES string of the molecule is CC(C)(C)CNC(F)(F)F. The first-order chi connectivity index (χ1) is 4.21. The van der Waals surface area contributed by atoms with Gasteiger partial charge in [-0.05, 0) is 5.41 Å². The van der Waals surface area contributed by atoms with Crippen molar-refractivity contribution in [3.05, 3.63) is 0 Å². The van der Waals surface area contributed by atoms with Gasteiger partial charge in [-0.2, -0.15) is 13.2 Å². The van der Waals surface area contributed by atoms with Gasteiger partial charge in [-0.15, -0.1) is 0 Å². The fraction of sp³-hybridized carbons (Fsp3) is 1.00. The molecule has 0 bridgehead atoms. The van der Waals surface area contributed by atoms with E-state index in [0.29, 0.717) is 0 Å². The molecule has 0 spiro atoms. The van der Waals surface area contributed by atoms with Crippen molar-refractivity contribution in [1.29, 1.82) is 0 Å². The Morgan fingerprint density at radius 1 is 1.10 bits per heavy atom. The lowest BCUT2D eigenvalue weighted by Crippen LogP contribution is -2.37. The lowest BCUT2D eigenvalue weighted by atomic mass is 9.97. The second kappa shape index (κ2) is 2.78. The van der Waals surface area contributed by atoms with Crippen LogP contribution < -0.4 is 5.32 Å². The number of hydrogen-bond donors (Lipinski definition) is 1. The molecule has 0 aromatic rings. The zero-order chi connectivity index (χ0) is 8.41. The Kier molecular flexibility index (Phi) is 2.71. The van der Waals surface area contributed by atoms with Crippen LogP contribution in [-0.4, -0.2) is 12.8 Å². The van der Waals surface area contributed by atoms with E-state index >= 15 is 0 Å². The summed E-state index contributed by atoms with van der Waals surface area (Å²) >= 11 is 0. The molecular formula is C6H12F3N. The molecule has 0 fully saturated rings. The molecule has 0 aliphatic carbocycles. The van der Waals surface area contributed by atoms with Crippen molar-refractivity contribution in [2.75, 3.05) is 6.54 Å². The summed E-state index contributed by atoms with van der Waals surface area (Å²) < 4.78 is 34.4. The van der Waals surface area contributed by atoms with Crippen molar-refractivity contribution >= 4 is 0 Å². The molecule has 0 radical (unpaired) electrons. The van der Waals surface area contributed by atoms with Gasteiger partial charge in [0, 0.05) is 6.54 Å². The highest BCUT2D eigenvalue weighted by Crippen LogP contribution is 2.15. The van der Waals surface area contributed by atoms with Crippen molar-refractivity contribution < 1.29 is 13.2 Å². The summed E-state index contributed by atoms with van der Waals surface area (Å²) in [5.41, 5.74) is -0.324. The largest absolute Gasteiger partial charge is 0.457 e. The van der Waals surface area contributed by atoms with Crippen molar-refractivity contribution in [1.82, 2.24) is 5.32 Å². The van der Waals surface area contributed by atoms with E-state index in [9.17, 15) is 13.2 Å². The van der Waals surface area contributed by atoms with Crippen LogP contribution >= 0.6 is 0 Å². The summed E-state index contributed by atoms with van der Waals surface area (Å²) in [5.74, 6) is 0. The van der Waals surface area contributed by atoms with E-state index in [2.05, 4.69) is 0 Å². The molecule has 0 aromatic heterocycles. The van der Waals surface area contributed by atoms with Gasteiger partial charge < -0.3 is 0 Å². The van der Waals surface area contributed by atoms with Crippen LogP contribution in [0.15, 0.2) is 0 Å². The van der Waals surface area contributed by atoms with Gasteiger partial charge in [0.2, 0.25) is 0 Å². The predicted octanol–water partition coefficient (Wildman–Crippen LogP) is 2.14. The van der Waals surface area contributed by atoms with Crippen LogP contribution in [0.5, 0.6) is 0 Å². The van der Waals surface area contributed by atoms with Crippen molar-refractivity contribution in [2.45, 2.75) is 27.1 Å². The molecule has 1 N–H and O–H groups in total. The first-order valence-corrected chi connectivity index (χ1v) is 3.02. The average Bonchev–Trinajstić information content (AvgIpc) is 1.57. The monoisotopic (exact) mass is 155 g/mol. The van der Waals surface area contributed by atoms with Gasteiger partial charge in [0.1, 0.15) is 0 Å². The summed E-state index contributed by atoms with van der Waals surface area (Å²) in [7, 11) is 0. The molecule has 0 aliphatic heterocycles. The smallest absolute Gasteiger partial charge is 0.227 e. The van der Waals surface area contributed by atoms with Crippen LogP contribution in [0.3, 0.4) is 0 Å². The highest BCUT2D eigenvalue weighted by Gasteiger charge is 2.28. The highest BCUT2D eigenvalue weighted by molar-refractivity contribution is 4.65. The summed E-state index contributed by atoms with van der Waals surface area (Å²) in [6.45, 7) is 5.18. The Hall–Kier alpha value is -0.250. The Morgan fingerprint density at radius 3 is 1.60 bits per heavy atom. The fourth-order valence-corrected chi connectivity index (χ4v) is 0.365. The van der Waals surface area contributed by atoms with Gasteiger partial charge in [0.25, 0.3) is 0 Å². The van der Waals surface area contributed by atoms with E-state index in [1.807, 2.05) is 0 Å². The highest BCUT2D eigenvalue weighted by atomic mass is 19.4. The van der Waals surface area contributed by atoms with E-state index < -0.39 is 6.30 Å². The van der Waals surface area contributed by atoms with Gasteiger partial charge >= 0.3 is 6.30 Å². The predicted molar refractivity (Wildman–Crippen MR) is 33.5 cm³/mol. The minimum atomic E-state index is -4.24. The molecule has 0 amide bonds. The zero-order valence-corrected chi connectivity index (χ0v) is 6.34. The second-order valence-electron chi connectivity index (χ2n) is 3.41. The lowest BCUT2D eigenvalue weighted by molar-refractivity contribution is -0.160. The molecule has 62 valence electrons. The maximum absolute atomic E-state index is 11.5. The molecule has 1 nitrogen and oxygen atoms in total. The second-order valence-corrected chi connectivity index (χ2v) is 3.41. The molecule has 0 rings (SSSR count). The number of hydrogen-bond acceptors (Lipinski definition) is 1. The minimum absolute atomic E-state index is 0.0451. The molecule has 0 aromatic carbocycles. The van der Waals surface area contributed by atoms with Crippen LogP contribution in [0.25, 0.3) is 0 Å². The zero-order valence-electron chi connectivity index (χ0n) is 6.34. The van der Waals surface area contributed by atoms with Gasteiger partial charge in [-0.25, -0.2) is 5.32 Å². The quantitative estimate of drug-likeness (QED) is 0.572. The molecule has 0 atom stereocenters. The Bertz CT molecular complexity index is 86.5. The lowest BCUT2D eigenvalue weighted by Gasteiger charge is -2.19. The van der Waals surface area contributed by atoms with Gasteiger partial charge in [-0.3, -0.25) is 0 Å².